The molecule has 2 atom stereocenters. The van der Waals surface area contributed by atoms with Crippen molar-refractivity contribution in [1.29, 1.82) is 0 Å². The second-order valence-electron chi connectivity index (χ2n) is 5.19. The third-order valence-electron chi connectivity index (χ3n) is 3.81. The third-order valence-corrected chi connectivity index (χ3v) is 4.75. The quantitative estimate of drug-likeness (QED) is 0.778. The Kier molecular flexibility index (Phi) is 7.79. The number of nitrogens with two attached hydrogens (primary N) is 1. The number of likely N-dealkylation sites (tertiary alicyclic amines) is 1. The van der Waals surface area contributed by atoms with Crippen molar-refractivity contribution in [3.63, 3.8) is 0 Å². The largest absolute Gasteiger partial charge is 0.383 e. The molecule has 6 nitrogen and oxygen atoms in total. The van der Waals surface area contributed by atoms with Crippen LogP contribution in [-0.4, -0.2) is 78.6 Å². The van der Waals surface area contributed by atoms with Gasteiger partial charge in [-0.05, 0) is 12.8 Å². The highest BCUT2D eigenvalue weighted by Crippen LogP contribution is 2.22. The molecule has 21 heavy (non-hydrogen) atoms. The van der Waals surface area contributed by atoms with Crippen molar-refractivity contribution in [2.75, 3.05) is 44.9 Å². The van der Waals surface area contributed by atoms with Crippen LogP contribution in [0, 0.1) is 0 Å². The number of hydrogen-bond acceptors (Lipinski definition) is 5. The van der Waals surface area contributed by atoms with Crippen LogP contribution in [0.5, 0.6) is 0 Å². The number of nitrogens with zero attached hydrogens (tertiary/aromatic N) is 2. The van der Waals surface area contributed by atoms with Crippen LogP contribution >= 0.6 is 24.2 Å². The average Bonchev–Trinajstić information content (AvgIpc) is 2.96. The van der Waals surface area contributed by atoms with Gasteiger partial charge in [-0.2, -0.15) is 11.8 Å². The summed E-state index contributed by atoms with van der Waals surface area (Å²) in [6, 6.07) is -1.00. The smallest absolute Gasteiger partial charge is 0.245 e. The van der Waals surface area contributed by atoms with E-state index >= 15 is 0 Å². The van der Waals surface area contributed by atoms with E-state index in [0.717, 1.165) is 37.4 Å². The summed E-state index contributed by atoms with van der Waals surface area (Å²) in [4.78, 5) is 28.4. The molecule has 0 aromatic carbocycles. The maximum absolute atomic E-state index is 12.5. The summed E-state index contributed by atoms with van der Waals surface area (Å²) in [6.07, 6.45) is 1.61. The van der Waals surface area contributed by atoms with Gasteiger partial charge >= 0.3 is 0 Å². The van der Waals surface area contributed by atoms with Gasteiger partial charge in [0.1, 0.15) is 12.1 Å². The Morgan fingerprint density at radius 2 is 2.00 bits per heavy atom. The Hall–Kier alpha value is -0.500. The number of carbonyl (C=O) groups excluding carboxylic acids is 2. The molecule has 0 spiro atoms. The van der Waals surface area contributed by atoms with Crippen LogP contribution in [0.15, 0.2) is 0 Å². The monoisotopic (exact) mass is 337 g/mol. The number of carbonyl (C=O) groups is 2. The second-order valence-corrected chi connectivity index (χ2v) is 6.41. The lowest BCUT2D eigenvalue weighted by atomic mass is 10.1. The van der Waals surface area contributed by atoms with Crippen molar-refractivity contribution in [2.45, 2.75) is 24.9 Å². The summed E-state index contributed by atoms with van der Waals surface area (Å²) in [6.45, 7) is 2.38. The molecule has 2 unspecified atom stereocenters. The highest BCUT2D eigenvalue weighted by molar-refractivity contribution is 7.99. The van der Waals surface area contributed by atoms with Crippen molar-refractivity contribution in [2.24, 2.45) is 5.73 Å². The molecule has 0 aliphatic carbocycles. The molecule has 2 saturated heterocycles. The molecule has 8 heteroatoms. The minimum Gasteiger partial charge on any atom is -0.383 e. The Morgan fingerprint density at radius 3 is 2.62 bits per heavy atom. The van der Waals surface area contributed by atoms with Gasteiger partial charge in [-0.1, -0.05) is 0 Å². The molecule has 0 radical (unpaired) electrons. The van der Waals surface area contributed by atoms with E-state index in [4.69, 9.17) is 10.5 Å². The molecular formula is C13H24ClN3O3S. The molecule has 2 rings (SSSR count). The first kappa shape index (κ1) is 18.5. The van der Waals surface area contributed by atoms with Crippen LogP contribution < -0.4 is 5.73 Å². The van der Waals surface area contributed by atoms with Crippen LogP contribution in [0.25, 0.3) is 0 Å². The van der Waals surface area contributed by atoms with E-state index in [-0.39, 0.29) is 36.9 Å². The number of methoxy groups -OCH3 is 1. The number of halogens is 1. The van der Waals surface area contributed by atoms with Gasteiger partial charge in [0.05, 0.1) is 6.61 Å². The highest BCUT2D eigenvalue weighted by Gasteiger charge is 2.38. The second kappa shape index (κ2) is 8.82. The lowest BCUT2D eigenvalue weighted by molar-refractivity contribution is -0.144. The fraction of sp³-hybridized carbons (Fsp3) is 0.846. The van der Waals surface area contributed by atoms with E-state index in [1.807, 2.05) is 16.7 Å². The Labute approximate surface area is 136 Å². The van der Waals surface area contributed by atoms with Crippen molar-refractivity contribution < 1.29 is 14.3 Å². The normalized spacial score (nSPS) is 23.6. The van der Waals surface area contributed by atoms with E-state index in [0.29, 0.717) is 6.54 Å². The summed E-state index contributed by atoms with van der Waals surface area (Å²) in [5.41, 5.74) is 5.80. The van der Waals surface area contributed by atoms with Gasteiger partial charge in [0, 0.05) is 38.2 Å². The number of thioether (sulfide) groups is 1. The van der Waals surface area contributed by atoms with Crippen molar-refractivity contribution >= 4 is 36.0 Å². The highest BCUT2D eigenvalue weighted by atomic mass is 35.5. The number of ether oxygens (including phenoxy) is 1. The van der Waals surface area contributed by atoms with Crippen molar-refractivity contribution in [3.8, 4) is 0 Å². The number of hydrogen-bond donors (Lipinski definition) is 1. The average molecular weight is 338 g/mol. The van der Waals surface area contributed by atoms with Gasteiger partial charge in [0.2, 0.25) is 11.8 Å². The minimum atomic E-state index is -0.676. The summed E-state index contributed by atoms with van der Waals surface area (Å²) < 4.78 is 4.93. The topological polar surface area (TPSA) is 75.9 Å². The van der Waals surface area contributed by atoms with Gasteiger partial charge in [0.25, 0.3) is 0 Å². The van der Waals surface area contributed by atoms with E-state index in [2.05, 4.69) is 0 Å². The van der Waals surface area contributed by atoms with Crippen molar-refractivity contribution in [1.82, 2.24) is 9.80 Å². The molecule has 2 fully saturated rings. The summed E-state index contributed by atoms with van der Waals surface area (Å²) >= 11 is 1.87. The molecule has 122 valence electrons. The van der Waals surface area contributed by atoms with Crippen LogP contribution in [0.1, 0.15) is 12.8 Å². The molecular weight excluding hydrogens is 314 g/mol. The fourth-order valence-electron chi connectivity index (χ4n) is 2.75. The van der Waals surface area contributed by atoms with Gasteiger partial charge in [-0.3, -0.25) is 9.59 Å². The first-order chi connectivity index (χ1) is 9.65. The van der Waals surface area contributed by atoms with Crippen LogP contribution in [0.2, 0.25) is 0 Å². The first-order valence-electron chi connectivity index (χ1n) is 7.06. The van der Waals surface area contributed by atoms with E-state index < -0.39 is 6.04 Å². The van der Waals surface area contributed by atoms with Crippen LogP contribution in [0.3, 0.4) is 0 Å². The van der Waals surface area contributed by atoms with E-state index in [1.54, 1.807) is 4.90 Å². The van der Waals surface area contributed by atoms with Gasteiger partial charge < -0.3 is 20.3 Å². The predicted molar refractivity (Wildman–Crippen MR) is 85.7 cm³/mol. The van der Waals surface area contributed by atoms with Crippen molar-refractivity contribution in [3.05, 3.63) is 0 Å². The molecule has 2 N–H and O–H groups in total. The standard InChI is InChI=1S/C13H23N3O3S.ClH/c1-19-9-10(14)12(17)16-4-2-3-11(16)13(18)15-5-7-20-8-6-15;/h10-11H,2-9,14H2,1H3;1H. The first-order valence-corrected chi connectivity index (χ1v) is 8.22. The predicted octanol–water partition coefficient (Wildman–Crippen LogP) is -0.0517. The van der Waals surface area contributed by atoms with Gasteiger partial charge in [-0.15, -0.1) is 12.4 Å². The van der Waals surface area contributed by atoms with Crippen LogP contribution in [0.4, 0.5) is 0 Å². The summed E-state index contributed by atoms with van der Waals surface area (Å²) in [5, 5.41) is 0. The number of rotatable bonds is 4. The molecule has 2 heterocycles. The zero-order chi connectivity index (χ0) is 14.5. The molecule has 0 aromatic heterocycles. The molecule has 2 amide bonds. The molecule has 0 bridgehead atoms. The zero-order valence-corrected chi connectivity index (χ0v) is 14.0. The third kappa shape index (κ3) is 4.48. The Balaban J connectivity index is 0.00000220. The molecule has 0 aromatic rings. The van der Waals surface area contributed by atoms with E-state index in [9.17, 15) is 9.59 Å². The Morgan fingerprint density at radius 1 is 1.33 bits per heavy atom. The number of amides is 2. The van der Waals surface area contributed by atoms with Crippen LogP contribution in [-0.2, 0) is 14.3 Å². The fourth-order valence-corrected chi connectivity index (χ4v) is 3.65. The minimum absolute atomic E-state index is 0. The SMILES string of the molecule is COCC(N)C(=O)N1CCCC1C(=O)N1CCSCC1.Cl. The van der Waals surface area contributed by atoms with Gasteiger partial charge in [0.15, 0.2) is 0 Å². The lowest BCUT2D eigenvalue weighted by Gasteiger charge is -2.33. The maximum atomic E-state index is 12.5. The molecule has 0 saturated carbocycles. The zero-order valence-electron chi connectivity index (χ0n) is 12.3. The summed E-state index contributed by atoms with van der Waals surface area (Å²) in [5.74, 6) is 1.88. The molecule has 2 aliphatic heterocycles. The van der Waals surface area contributed by atoms with Gasteiger partial charge in [-0.25, -0.2) is 0 Å². The lowest BCUT2D eigenvalue weighted by Crippen LogP contribution is -2.54. The summed E-state index contributed by atoms with van der Waals surface area (Å²) in [7, 11) is 1.52. The maximum Gasteiger partial charge on any atom is 0.245 e. The Bertz CT molecular complexity index is 367. The van der Waals surface area contributed by atoms with E-state index in [1.165, 1.54) is 7.11 Å². The molecule has 2 aliphatic rings.